The number of hydrogen-bond donors (Lipinski definition) is 4. The lowest BCUT2D eigenvalue weighted by Gasteiger charge is -2.34. The van der Waals surface area contributed by atoms with Crippen LogP contribution in [0.2, 0.25) is 0 Å². The average molecular weight is 925 g/mol. The van der Waals surface area contributed by atoms with Gasteiger partial charge in [0, 0.05) is 31.7 Å². The van der Waals surface area contributed by atoms with Gasteiger partial charge in [-0.25, -0.2) is 19.6 Å². The second-order valence-electron chi connectivity index (χ2n) is 17.4. The zero-order valence-corrected chi connectivity index (χ0v) is 38.4. The molecule has 0 saturated carbocycles. The quantitative estimate of drug-likeness (QED) is 0.0855. The van der Waals surface area contributed by atoms with E-state index in [9.17, 15) is 19.2 Å². The number of ether oxygens (including phenoxy) is 5. The number of fused-ring (bicyclic) bond motifs is 1. The number of nitrogens with one attached hydrogen (secondary N) is 4. The van der Waals surface area contributed by atoms with Crippen LogP contribution in [0.3, 0.4) is 0 Å². The molecule has 4 N–H and O–H groups in total. The highest BCUT2D eigenvalue weighted by Gasteiger charge is 2.53. The van der Waals surface area contributed by atoms with Crippen LogP contribution in [0.1, 0.15) is 61.9 Å². The van der Waals surface area contributed by atoms with E-state index in [2.05, 4.69) is 74.1 Å². The zero-order chi connectivity index (χ0) is 47.2. The number of benzene rings is 4. The Bertz CT molecular complexity index is 2730. The van der Waals surface area contributed by atoms with Gasteiger partial charge in [-0.1, -0.05) is 85.8 Å². The van der Waals surface area contributed by atoms with Crippen LogP contribution in [0.15, 0.2) is 103 Å². The highest BCUT2D eigenvalue weighted by molar-refractivity contribution is 5.91. The predicted molar refractivity (Wildman–Crippen MR) is 252 cm³/mol. The maximum absolute atomic E-state index is 14.4. The fraction of sp³-hybridized carbons (Fsp3) is 0.373. The van der Waals surface area contributed by atoms with Crippen LogP contribution in [0.5, 0.6) is 0 Å². The lowest BCUT2D eigenvalue weighted by atomic mass is 9.90. The number of nitrogens with zero attached hydrogens (tertiary/aromatic N) is 4. The number of carbonyl (C=O) groups is 4. The first kappa shape index (κ1) is 46.0. The number of imidazole rings is 2. The Morgan fingerprint density at radius 3 is 2.12 bits per heavy atom. The third kappa shape index (κ3) is 9.95. The summed E-state index contributed by atoms with van der Waals surface area (Å²) in [5, 5.41) is 7.64. The number of aromatic nitrogens is 4. The molecule has 6 aromatic rings. The maximum atomic E-state index is 14.4. The largest absolute Gasteiger partial charge is 0.453 e. The molecule has 17 nitrogen and oxygen atoms in total. The molecule has 3 atom stereocenters. The van der Waals surface area contributed by atoms with Crippen LogP contribution in [0, 0.1) is 5.92 Å². The molecule has 354 valence electrons. The summed E-state index contributed by atoms with van der Waals surface area (Å²) in [6, 6.07) is 27.8. The Labute approximate surface area is 393 Å². The molecule has 0 aliphatic carbocycles. The minimum atomic E-state index is -0.953. The van der Waals surface area contributed by atoms with E-state index in [0.717, 1.165) is 50.8 Å². The van der Waals surface area contributed by atoms with E-state index in [-0.39, 0.29) is 30.8 Å². The van der Waals surface area contributed by atoms with Gasteiger partial charge >= 0.3 is 12.2 Å². The fourth-order valence-electron chi connectivity index (χ4n) is 9.50. The van der Waals surface area contributed by atoms with E-state index in [1.54, 1.807) is 34.3 Å². The summed E-state index contributed by atoms with van der Waals surface area (Å²) in [5.74, 6) is -0.340. The number of H-pyrrole nitrogens is 2. The highest BCUT2D eigenvalue weighted by Crippen LogP contribution is 2.43. The van der Waals surface area contributed by atoms with Crippen LogP contribution in [0.4, 0.5) is 9.59 Å². The molecule has 0 bridgehead atoms. The molecule has 9 rings (SSSR count). The number of methoxy groups -OCH3 is 2. The summed E-state index contributed by atoms with van der Waals surface area (Å²) in [6.07, 6.45) is 4.58. The molecule has 3 saturated heterocycles. The predicted octanol–water partition coefficient (Wildman–Crippen LogP) is 7.29. The summed E-state index contributed by atoms with van der Waals surface area (Å²) >= 11 is 0. The van der Waals surface area contributed by atoms with Gasteiger partial charge in [0.2, 0.25) is 11.8 Å². The third-order valence-corrected chi connectivity index (χ3v) is 13.0. The number of alkyl carbamates (subject to hydrolysis) is 2. The maximum Gasteiger partial charge on any atom is 0.407 e. The highest BCUT2D eigenvalue weighted by atomic mass is 16.7. The number of likely N-dealkylation sites (tertiary alicyclic amines) is 1. The van der Waals surface area contributed by atoms with Gasteiger partial charge in [0.1, 0.15) is 23.7 Å². The first-order chi connectivity index (χ1) is 33.1. The Morgan fingerprint density at radius 1 is 0.779 bits per heavy atom. The third-order valence-electron chi connectivity index (χ3n) is 13.0. The van der Waals surface area contributed by atoms with Crippen molar-refractivity contribution in [3.8, 4) is 33.6 Å². The topological polar surface area (TPSA) is 202 Å². The van der Waals surface area contributed by atoms with Gasteiger partial charge in [0.15, 0.2) is 5.79 Å². The van der Waals surface area contributed by atoms with Crippen molar-refractivity contribution in [2.75, 3.05) is 53.7 Å². The van der Waals surface area contributed by atoms with E-state index < -0.39 is 36.1 Å². The molecule has 0 radical (unpaired) electrons. The lowest BCUT2D eigenvalue weighted by Crippen LogP contribution is -2.54. The minimum Gasteiger partial charge on any atom is -0.453 e. The van der Waals surface area contributed by atoms with Crippen molar-refractivity contribution in [1.82, 2.24) is 40.4 Å². The molecule has 17 heteroatoms. The van der Waals surface area contributed by atoms with E-state index >= 15 is 0 Å². The van der Waals surface area contributed by atoms with Crippen LogP contribution in [0.25, 0.3) is 44.4 Å². The summed E-state index contributed by atoms with van der Waals surface area (Å²) < 4.78 is 27.5. The lowest BCUT2D eigenvalue weighted by molar-refractivity contribution is -0.154. The SMILES string of the molecule is CCCN(Cc1ncc(-c2ccc3cc(-c4ccc(-c5cnc([C@@H]6CC7(CN6C(=O)[C@@H](NC(=O)OC)C6CCOCC6)OCCO7)[nH]5)cc4)ccc3c2)[nH]1)C(=O)[C@H](NC(=O)OC)c1ccccc1. The summed E-state index contributed by atoms with van der Waals surface area (Å²) in [5.41, 5.74) is 6.26. The summed E-state index contributed by atoms with van der Waals surface area (Å²) in [4.78, 5) is 72.8. The zero-order valence-electron chi connectivity index (χ0n) is 38.4. The summed E-state index contributed by atoms with van der Waals surface area (Å²) in [7, 11) is 2.56. The van der Waals surface area contributed by atoms with Gasteiger partial charge in [-0.2, -0.15) is 0 Å². The number of carbonyl (C=O) groups excluding carboxylic acids is 4. The van der Waals surface area contributed by atoms with Crippen molar-refractivity contribution in [3.63, 3.8) is 0 Å². The minimum absolute atomic E-state index is 0.117. The number of aromatic amines is 2. The fourth-order valence-corrected chi connectivity index (χ4v) is 9.50. The van der Waals surface area contributed by atoms with Gasteiger partial charge in [0.05, 0.1) is 70.3 Å². The van der Waals surface area contributed by atoms with Crippen molar-refractivity contribution in [1.29, 1.82) is 0 Å². The second-order valence-corrected chi connectivity index (χ2v) is 17.4. The van der Waals surface area contributed by atoms with Gasteiger partial charge in [0.25, 0.3) is 0 Å². The van der Waals surface area contributed by atoms with Gasteiger partial charge in [-0.05, 0) is 70.3 Å². The molecule has 4 aromatic carbocycles. The first-order valence-corrected chi connectivity index (χ1v) is 23.1. The Balaban J connectivity index is 0.884. The van der Waals surface area contributed by atoms with E-state index in [0.29, 0.717) is 69.4 Å². The van der Waals surface area contributed by atoms with Crippen LogP contribution in [-0.4, -0.2) is 119 Å². The number of rotatable bonds is 14. The smallest absolute Gasteiger partial charge is 0.407 e. The molecular formula is C51H56N8O9. The van der Waals surface area contributed by atoms with Crippen molar-refractivity contribution >= 4 is 34.8 Å². The van der Waals surface area contributed by atoms with E-state index in [1.807, 2.05) is 37.3 Å². The van der Waals surface area contributed by atoms with Gasteiger partial charge < -0.3 is 54.1 Å². The molecule has 3 aliphatic heterocycles. The van der Waals surface area contributed by atoms with Crippen molar-refractivity contribution in [3.05, 3.63) is 121 Å². The van der Waals surface area contributed by atoms with Crippen molar-refractivity contribution < 1.29 is 42.9 Å². The van der Waals surface area contributed by atoms with Gasteiger partial charge in [-0.3, -0.25) is 9.59 Å². The van der Waals surface area contributed by atoms with Crippen molar-refractivity contribution in [2.24, 2.45) is 5.92 Å². The number of hydrogen-bond acceptors (Lipinski definition) is 11. The average Bonchev–Trinajstić information content (AvgIpc) is 4.23. The molecule has 4 amide bonds. The molecular weight excluding hydrogens is 869 g/mol. The van der Waals surface area contributed by atoms with Crippen LogP contribution in [-0.2, 0) is 39.8 Å². The van der Waals surface area contributed by atoms with E-state index in [1.165, 1.54) is 14.2 Å². The second kappa shape index (κ2) is 20.4. The Morgan fingerprint density at radius 2 is 1.41 bits per heavy atom. The van der Waals surface area contributed by atoms with Crippen LogP contribution < -0.4 is 10.6 Å². The standard InChI is InChI=1S/C51H56N8O9/c1-4-20-58(47(60)44(56-49(62)64-2)34-8-6-5-7-9-34)30-43-52-28-41(54-43)39-17-16-37-25-36(14-15-38(37)26-39)32-10-12-33(13-11-32)40-29-53-46(55-40)42-27-51(67-23-24-68-51)31-59(42)48(61)45(57-50(63)65-3)35-18-21-66-22-19-35/h5-17,25-26,28-29,35,42,44-45H,4,18-24,27,30-31H2,1-3H3,(H,52,54)(H,53,55)(H,56,62)(H,57,63)/t42-,44+,45-/m0/s1. The van der Waals surface area contributed by atoms with Gasteiger partial charge in [-0.15, -0.1) is 0 Å². The van der Waals surface area contributed by atoms with Crippen molar-refractivity contribution in [2.45, 2.75) is 63.1 Å². The molecule has 3 fully saturated rings. The molecule has 5 heterocycles. The first-order valence-electron chi connectivity index (χ1n) is 23.1. The normalized spacial score (nSPS) is 17.8. The molecule has 3 aliphatic rings. The number of amides is 4. The molecule has 0 unspecified atom stereocenters. The van der Waals surface area contributed by atoms with E-state index in [4.69, 9.17) is 28.7 Å². The molecule has 2 aromatic heterocycles. The molecule has 1 spiro atoms. The Kier molecular flexibility index (Phi) is 13.8. The molecule has 68 heavy (non-hydrogen) atoms. The Hall–Kier alpha value is -7.08. The van der Waals surface area contributed by atoms with Crippen LogP contribution >= 0.6 is 0 Å². The monoisotopic (exact) mass is 924 g/mol. The summed E-state index contributed by atoms with van der Waals surface area (Å²) in [6.45, 7) is 4.80.